The van der Waals surface area contributed by atoms with Crippen LogP contribution in [0.2, 0.25) is 5.02 Å². The Balaban J connectivity index is 2.14. The zero-order chi connectivity index (χ0) is 13.3. The van der Waals surface area contributed by atoms with Gasteiger partial charge in [-0.2, -0.15) is 0 Å². The van der Waals surface area contributed by atoms with Gasteiger partial charge >= 0.3 is 0 Å². The van der Waals surface area contributed by atoms with Gasteiger partial charge in [-0.3, -0.25) is 4.79 Å². The van der Waals surface area contributed by atoms with Crippen LogP contribution in [0.25, 0.3) is 0 Å². The summed E-state index contributed by atoms with van der Waals surface area (Å²) in [5, 5.41) is 0.612. The molecule has 1 aromatic carbocycles. The van der Waals surface area contributed by atoms with Crippen LogP contribution in [-0.2, 0) is 0 Å². The third-order valence-corrected chi connectivity index (χ3v) is 4.64. The van der Waals surface area contributed by atoms with E-state index in [4.69, 9.17) is 17.3 Å². The number of hydrogen-bond donors (Lipinski definition) is 1. The highest BCUT2D eigenvalue weighted by atomic mass is 79.9. The van der Waals surface area contributed by atoms with E-state index in [1.807, 2.05) is 4.90 Å². The van der Waals surface area contributed by atoms with Crippen LogP contribution in [-0.4, -0.2) is 29.9 Å². The lowest BCUT2D eigenvalue weighted by Crippen LogP contribution is -2.48. The molecular weight excluding hydrogens is 316 g/mol. The van der Waals surface area contributed by atoms with E-state index in [1.54, 1.807) is 18.2 Å². The number of carbonyl (C=O) groups is 1. The molecule has 0 bridgehead atoms. The maximum absolute atomic E-state index is 12.3. The molecule has 2 unspecified atom stereocenters. The normalized spacial score (nSPS) is 24.1. The summed E-state index contributed by atoms with van der Waals surface area (Å²) in [4.78, 5) is 14.2. The molecule has 1 saturated heterocycles. The number of piperidine rings is 1. The van der Waals surface area contributed by atoms with E-state index in [0.29, 0.717) is 16.5 Å². The molecule has 0 spiro atoms. The van der Waals surface area contributed by atoms with Crippen molar-refractivity contribution in [3.05, 3.63) is 33.3 Å². The molecule has 0 saturated carbocycles. The van der Waals surface area contributed by atoms with Crippen LogP contribution in [0.3, 0.4) is 0 Å². The molecular formula is C13H16BrClN2O. The monoisotopic (exact) mass is 330 g/mol. The van der Waals surface area contributed by atoms with Gasteiger partial charge < -0.3 is 10.6 Å². The smallest absolute Gasteiger partial charge is 0.253 e. The number of likely N-dealkylation sites (tertiary alicyclic amines) is 1. The minimum Gasteiger partial charge on any atom is -0.338 e. The predicted molar refractivity (Wildman–Crippen MR) is 76.8 cm³/mol. The van der Waals surface area contributed by atoms with Crippen LogP contribution < -0.4 is 5.73 Å². The van der Waals surface area contributed by atoms with Gasteiger partial charge in [0, 0.05) is 29.2 Å². The molecule has 1 aromatic rings. The molecule has 1 amide bonds. The maximum atomic E-state index is 12.3. The van der Waals surface area contributed by atoms with Gasteiger partial charge in [0.1, 0.15) is 0 Å². The summed E-state index contributed by atoms with van der Waals surface area (Å²) in [6.45, 7) is 3.53. The van der Waals surface area contributed by atoms with E-state index < -0.39 is 0 Å². The molecule has 18 heavy (non-hydrogen) atoms. The maximum Gasteiger partial charge on any atom is 0.253 e. The molecule has 1 heterocycles. The van der Waals surface area contributed by atoms with Crippen LogP contribution in [0.15, 0.2) is 22.7 Å². The van der Waals surface area contributed by atoms with Crippen molar-refractivity contribution in [3.63, 3.8) is 0 Å². The van der Waals surface area contributed by atoms with Crippen LogP contribution in [0.4, 0.5) is 0 Å². The van der Waals surface area contributed by atoms with Crippen molar-refractivity contribution in [2.75, 3.05) is 13.1 Å². The molecule has 0 aromatic heterocycles. The second-order valence-corrected chi connectivity index (χ2v) is 6.07. The average molecular weight is 332 g/mol. The Kier molecular flexibility index (Phi) is 4.30. The van der Waals surface area contributed by atoms with Crippen molar-refractivity contribution in [1.82, 2.24) is 4.90 Å². The number of benzene rings is 1. The molecule has 1 aliphatic heterocycles. The Labute approximate surface area is 120 Å². The van der Waals surface area contributed by atoms with E-state index in [9.17, 15) is 4.79 Å². The standard InChI is InChI=1S/C13H16BrClN2O/c1-8-7-17(5-4-12(8)16)13(18)9-2-3-11(15)10(14)6-9/h2-3,6,8,12H,4-5,7,16H2,1H3. The SMILES string of the molecule is CC1CN(C(=O)c2ccc(Cl)c(Br)c2)CCC1N. The largest absolute Gasteiger partial charge is 0.338 e. The Bertz CT molecular complexity index is 466. The fraction of sp³-hybridized carbons (Fsp3) is 0.462. The van der Waals surface area contributed by atoms with Crippen molar-refractivity contribution < 1.29 is 4.79 Å². The highest BCUT2D eigenvalue weighted by Crippen LogP contribution is 2.25. The van der Waals surface area contributed by atoms with Gasteiger partial charge in [-0.05, 0) is 46.5 Å². The summed E-state index contributed by atoms with van der Waals surface area (Å²) in [6, 6.07) is 5.46. The van der Waals surface area contributed by atoms with Crippen molar-refractivity contribution in [1.29, 1.82) is 0 Å². The number of nitrogens with zero attached hydrogens (tertiary/aromatic N) is 1. The second kappa shape index (κ2) is 5.59. The van der Waals surface area contributed by atoms with Crippen molar-refractivity contribution in [2.45, 2.75) is 19.4 Å². The molecule has 1 fully saturated rings. The number of nitrogens with two attached hydrogens (primary N) is 1. The van der Waals surface area contributed by atoms with E-state index in [0.717, 1.165) is 24.0 Å². The number of halogens is 2. The first-order valence-electron chi connectivity index (χ1n) is 5.99. The highest BCUT2D eigenvalue weighted by Gasteiger charge is 2.26. The van der Waals surface area contributed by atoms with Crippen LogP contribution in [0.1, 0.15) is 23.7 Å². The quantitative estimate of drug-likeness (QED) is 0.860. The summed E-state index contributed by atoms with van der Waals surface area (Å²) < 4.78 is 0.747. The van der Waals surface area contributed by atoms with Crippen LogP contribution in [0, 0.1) is 5.92 Å². The van der Waals surface area contributed by atoms with Crippen LogP contribution in [0.5, 0.6) is 0 Å². The number of rotatable bonds is 1. The number of amides is 1. The molecule has 5 heteroatoms. The van der Waals surface area contributed by atoms with Crippen molar-refractivity contribution >= 4 is 33.4 Å². The number of carbonyl (C=O) groups excluding carboxylic acids is 1. The average Bonchev–Trinajstić information content (AvgIpc) is 2.35. The first-order valence-corrected chi connectivity index (χ1v) is 7.16. The zero-order valence-electron chi connectivity index (χ0n) is 10.2. The second-order valence-electron chi connectivity index (χ2n) is 4.81. The summed E-state index contributed by atoms with van der Waals surface area (Å²) in [7, 11) is 0. The zero-order valence-corrected chi connectivity index (χ0v) is 12.5. The third kappa shape index (κ3) is 2.87. The predicted octanol–water partition coefficient (Wildman–Crippen LogP) is 2.91. The minimum atomic E-state index is 0.0473. The van der Waals surface area contributed by atoms with E-state index >= 15 is 0 Å². The van der Waals surface area contributed by atoms with E-state index in [2.05, 4.69) is 22.9 Å². The van der Waals surface area contributed by atoms with Gasteiger partial charge in [-0.15, -0.1) is 0 Å². The molecule has 0 radical (unpaired) electrons. The first-order chi connectivity index (χ1) is 8.49. The summed E-state index contributed by atoms with van der Waals surface area (Å²) >= 11 is 9.26. The highest BCUT2D eigenvalue weighted by molar-refractivity contribution is 9.10. The van der Waals surface area contributed by atoms with Gasteiger partial charge in [-0.25, -0.2) is 0 Å². The summed E-state index contributed by atoms with van der Waals surface area (Å²) in [6.07, 6.45) is 0.863. The Morgan fingerprint density at radius 2 is 2.28 bits per heavy atom. The van der Waals surface area contributed by atoms with Gasteiger partial charge in [0.2, 0.25) is 0 Å². The van der Waals surface area contributed by atoms with E-state index in [-0.39, 0.29) is 11.9 Å². The molecule has 1 aliphatic rings. The lowest BCUT2D eigenvalue weighted by molar-refractivity contribution is 0.0664. The molecule has 2 atom stereocenters. The van der Waals surface area contributed by atoms with E-state index in [1.165, 1.54) is 0 Å². The topological polar surface area (TPSA) is 46.3 Å². The van der Waals surface area contributed by atoms with Gasteiger partial charge in [0.05, 0.1) is 5.02 Å². The fourth-order valence-electron chi connectivity index (χ4n) is 2.16. The molecule has 98 valence electrons. The Morgan fingerprint density at radius 1 is 1.56 bits per heavy atom. The summed E-state index contributed by atoms with van der Waals surface area (Å²) in [5.74, 6) is 0.393. The van der Waals surface area contributed by atoms with Gasteiger partial charge in [-0.1, -0.05) is 18.5 Å². The fourth-order valence-corrected chi connectivity index (χ4v) is 2.66. The van der Waals surface area contributed by atoms with Gasteiger partial charge in [0.15, 0.2) is 0 Å². The minimum absolute atomic E-state index is 0.0473. The van der Waals surface area contributed by atoms with Crippen LogP contribution >= 0.6 is 27.5 Å². The first kappa shape index (κ1) is 13.8. The molecule has 0 aliphatic carbocycles. The third-order valence-electron chi connectivity index (χ3n) is 3.43. The lowest BCUT2D eigenvalue weighted by atomic mass is 9.94. The number of hydrogen-bond acceptors (Lipinski definition) is 2. The van der Waals surface area contributed by atoms with Gasteiger partial charge in [0.25, 0.3) is 5.91 Å². The lowest BCUT2D eigenvalue weighted by Gasteiger charge is -2.35. The summed E-state index contributed by atoms with van der Waals surface area (Å²) in [5.41, 5.74) is 6.62. The van der Waals surface area contributed by atoms with Crippen molar-refractivity contribution in [3.8, 4) is 0 Å². The Hall–Kier alpha value is -0.580. The molecule has 2 N–H and O–H groups in total. The van der Waals surface area contributed by atoms with Crippen molar-refractivity contribution in [2.24, 2.45) is 11.7 Å². The molecule has 3 nitrogen and oxygen atoms in total. The Morgan fingerprint density at radius 3 is 2.89 bits per heavy atom. The molecule has 2 rings (SSSR count).